The largest absolute Gasteiger partial charge is 0.497 e. The van der Waals surface area contributed by atoms with Gasteiger partial charge >= 0.3 is 0 Å². The van der Waals surface area contributed by atoms with Crippen molar-refractivity contribution in [3.8, 4) is 16.9 Å². The lowest BCUT2D eigenvalue weighted by Gasteiger charge is -2.21. The highest BCUT2D eigenvalue weighted by Gasteiger charge is 2.23. The van der Waals surface area contributed by atoms with Crippen molar-refractivity contribution in [2.24, 2.45) is 0 Å². The van der Waals surface area contributed by atoms with Crippen LogP contribution in [0.1, 0.15) is 20.8 Å². The molecule has 3 aromatic rings. The summed E-state index contributed by atoms with van der Waals surface area (Å²) in [6, 6.07) is 5.86. The number of nitrogens with zero attached hydrogens (tertiary/aromatic N) is 3. The zero-order valence-electron chi connectivity index (χ0n) is 13.4. The summed E-state index contributed by atoms with van der Waals surface area (Å²) in [7, 11) is 1.65. The minimum Gasteiger partial charge on any atom is -0.497 e. The van der Waals surface area contributed by atoms with Crippen molar-refractivity contribution in [1.29, 1.82) is 0 Å². The molecule has 6 heteroatoms. The van der Waals surface area contributed by atoms with Gasteiger partial charge in [0.05, 0.1) is 12.5 Å². The predicted octanol–water partition coefficient (Wildman–Crippen LogP) is 5.28. The Morgan fingerprint density at radius 2 is 1.91 bits per heavy atom. The number of hydrogen-bond donors (Lipinski definition) is 0. The molecule has 0 saturated carbocycles. The van der Waals surface area contributed by atoms with E-state index >= 15 is 0 Å². The minimum atomic E-state index is -0.125. The van der Waals surface area contributed by atoms with Crippen LogP contribution in [0.3, 0.4) is 0 Å². The van der Waals surface area contributed by atoms with E-state index in [0.717, 1.165) is 32.4 Å². The summed E-state index contributed by atoms with van der Waals surface area (Å²) in [5, 5.41) is 1.29. The molecule has 0 bridgehead atoms. The molecule has 0 N–H and O–H groups in total. The summed E-state index contributed by atoms with van der Waals surface area (Å²) in [5.74, 6) is 0.785. The van der Waals surface area contributed by atoms with E-state index < -0.39 is 0 Å². The molecule has 0 amide bonds. The Morgan fingerprint density at radius 1 is 1.17 bits per heavy atom. The van der Waals surface area contributed by atoms with Gasteiger partial charge in [-0.15, -0.1) is 0 Å². The Kier molecular flexibility index (Phi) is 4.10. The normalized spacial score (nSPS) is 11.9. The van der Waals surface area contributed by atoms with E-state index in [9.17, 15) is 0 Å². The van der Waals surface area contributed by atoms with Crippen LogP contribution in [-0.4, -0.2) is 21.6 Å². The average Bonchev–Trinajstić information content (AvgIpc) is 2.89. The molecule has 0 fully saturated rings. The Morgan fingerprint density at radius 3 is 2.57 bits per heavy atom. The number of ether oxygens (including phenoxy) is 1. The smallest absolute Gasteiger partial charge is 0.145 e. The van der Waals surface area contributed by atoms with E-state index in [1.165, 1.54) is 6.33 Å². The molecule has 0 saturated heterocycles. The van der Waals surface area contributed by atoms with E-state index in [1.807, 2.05) is 18.2 Å². The van der Waals surface area contributed by atoms with Crippen molar-refractivity contribution in [3.63, 3.8) is 0 Å². The number of aromatic nitrogens is 3. The highest BCUT2D eigenvalue weighted by Crippen LogP contribution is 2.40. The van der Waals surface area contributed by atoms with Crippen LogP contribution >= 0.6 is 27.5 Å². The lowest BCUT2D eigenvalue weighted by molar-refractivity contribution is 0.408. The molecule has 23 heavy (non-hydrogen) atoms. The first-order valence-corrected chi connectivity index (χ1v) is 8.36. The van der Waals surface area contributed by atoms with E-state index in [2.05, 4.69) is 57.4 Å². The highest BCUT2D eigenvalue weighted by molar-refractivity contribution is 9.10. The lowest BCUT2D eigenvalue weighted by atomic mass is 10.1. The zero-order chi connectivity index (χ0) is 16.8. The molecule has 0 atom stereocenters. The quantitative estimate of drug-likeness (QED) is 0.555. The second kappa shape index (κ2) is 5.80. The van der Waals surface area contributed by atoms with Crippen LogP contribution in [0, 0.1) is 0 Å². The van der Waals surface area contributed by atoms with Crippen molar-refractivity contribution in [2.75, 3.05) is 7.11 Å². The first kappa shape index (κ1) is 16.3. The van der Waals surface area contributed by atoms with Crippen LogP contribution in [0.4, 0.5) is 0 Å². The van der Waals surface area contributed by atoms with E-state index in [-0.39, 0.29) is 5.54 Å². The molecular formula is C17H17BrClN3O. The molecule has 4 nitrogen and oxygen atoms in total. The second-order valence-corrected chi connectivity index (χ2v) is 7.50. The standard InChI is InChI=1S/C17H17BrClN3O/c1-17(2,3)22-8-12(14-15(19)20-9-21-16(14)22)11-7-10(23-4)5-6-13(11)18/h5-9H,1-4H3. The van der Waals surface area contributed by atoms with Gasteiger partial charge in [0.25, 0.3) is 0 Å². The maximum atomic E-state index is 6.39. The summed E-state index contributed by atoms with van der Waals surface area (Å²) in [6.07, 6.45) is 3.57. The topological polar surface area (TPSA) is 39.9 Å². The fraction of sp³-hybridized carbons (Fsp3) is 0.294. The maximum Gasteiger partial charge on any atom is 0.145 e. The molecule has 2 heterocycles. The van der Waals surface area contributed by atoms with Gasteiger partial charge in [-0.1, -0.05) is 27.5 Å². The lowest BCUT2D eigenvalue weighted by Crippen LogP contribution is -2.20. The van der Waals surface area contributed by atoms with Crippen LogP contribution in [0.25, 0.3) is 22.2 Å². The summed E-state index contributed by atoms with van der Waals surface area (Å²) < 4.78 is 8.44. The van der Waals surface area contributed by atoms with E-state index in [1.54, 1.807) is 7.11 Å². The van der Waals surface area contributed by atoms with Gasteiger partial charge in [0.15, 0.2) is 0 Å². The molecule has 0 aliphatic carbocycles. The molecule has 120 valence electrons. The van der Waals surface area contributed by atoms with Gasteiger partial charge in [0, 0.05) is 27.3 Å². The van der Waals surface area contributed by atoms with Crippen molar-refractivity contribution in [2.45, 2.75) is 26.3 Å². The predicted molar refractivity (Wildman–Crippen MR) is 97.2 cm³/mol. The molecule has 0 spiro atoms. The van der Waals surface area contributed by atoms with Gasteiger partial charge in [0.1, 0.15) is 22.9 Å². The van der Waals surface area contributed by atoms with Crippen molar-refractivity contribution in [3.05, 3.63) is 40.3 Å². The van der Waals surface area contributed by atoms with Crippen LogP contribution in [0.2, 0.25) is 5.15 Å². The van der Waals surface area contributed by atoms with Gasteiger partial charge in [-0.3, -0.25) is 0 Å². The van der Waals surface area contributed by atoms with Crippen LogP contribution in [0.5, 0.6) is 5.75 Å². The van der Waals surface area contributed by atoms with Crippen molar-refractivity contribution < 1.29 is 4.74 Å². The first-order valence-electron chi connectivity index (χ1n) is 7.19. The number of hydrogen-bond acceptors (Lipinski definition) is 3. The van der Waals surface area contributed by atoms with E-state index in [4.69, 9.17) is 16.3 Å². The Labute approximate surface area is 148 Å². The third-order valence-electron chi connectivity index (χ3n) is 3.72. The summed E-state index contributed by atoms with van der Waals surface area (Å²) >= 11 is 10.0. The Balaban J connectivity index is 2.39. The monoisotopic (exact) mass is 393 g/mol. The first-order chi connectivity index (χ1) is 10.8. The third-order valence-corrected chi connectivity index (χ3v) is 4.70. The molecule has 1 aromatic carbocycles. The molecular weight excluding hydrogens is 378 g/mol. The van der Waals surface area contributed by atoms with Gasteiger partial charge in [-0.05, 0) is 39.0 Å². The van der Waals surface area contributed by atoms with Crippen LogP contribution in [-0.2, 0) is 5.54 Å². The number of methoxy groups -OCH3 is 1. The summed E-state index contributed by atoms with van der Waals surface area (Å²) in [4.78, 5) is 8.60. The molecule has 0 aliphatic heterocycles. The third kappa shape index (κ3) is 2.83. The maximum absolute atomic E-state index is 6.39. The number of benzene rings is 1. The van der Waals surface area contributed by atoms with Crippen LogP contribution in [0.15, 0.2) is 35.2 Å². The molecule has 0 unspecified atom stereocenters. The minimum absolute atomic E-state index is 0.125. The van der Waals surface area contributed by atoms with Gasteiger partial charge < -0.3 is 9.30 Å². The summed E-state index contributed by atoms with van der Waals surface area (Å²) in [5.41, 5.74) is 2.67. The van der Waals surface area contributed by atoms with Crippen molar-refractivity contribution in [1.82, 2.24) is 14.5 Å². The molecule has 0 radical (unpaired) electrons. The van der Waals surface area contributed by atoms with Crippen LogP contribution < -0.4 is 4.74 Å². The Bertz CT molecular complexity index is 883. The SMILES string of the molecule is COc1ccc(Br)c(-c2cn(C(C)(C)C)c3ncnc(Cl)c23)c1. The fourth-order valence-corrected chi connectivity index (χ4v) is 3.27. The molecule has 2 aromatic heterocycles. The van der Waals surface area contributed by atoms with Gasteiger partial charge in [0.2, 0.25) is 0 Å². The summed E-state index contributed by atoms with van der Waals surface area (Å²) in [6.45, 7) is 6.40. The number of rotatable bonds is 2. The van der Waals surface area contributed by atoms with E-state index in [0.29, 0.717) is 5.15 Å². The zero-order valence-corrected chi connectivity index (χ0v) is 15.7. The second-order valence-electron chi connectivity index (χ2n) is 6.29. The Hall–Kier alpha value is -1.59. The number of fused-ring (bicyclic) bond motifs is 1. The number of halogens is 2. The highest BCUT2D eigenvalue weighted by atomic mass is 79.9. The van der Waals surface area contributed by atoms with Crippen molar-refractivity contribution >= 4 is 38.6 Å². The molecule has 3 rings (SSSR count). The van der Waals surface area contributed by atoms with Gasteiger partial charge in [-0.25, -0.2) is 9.97 Å². The molecule has 0 aliphatic rings. The van der Waals surface area contributed by atoms with Gasteiger partial charge in [-0.2, -0.15) is 0 Å². The fourth-order valence-electron chi connectivity index (χ4n) is 2.58. The average molecular weight is 395 g/mol.